The zero-order chi connectivity index (χ0) is 10.4. The number of hydrogen-bond donors (Lipinski definition) is 2. The molecule has 1 aromatic carbocycles. The summed E-state index contributed by atoms with van der Waals surface area (Å²) >= 11 is 0. The van der Waals surface area contributed by atoms with Crippen LogP contribution in [-0.2, 0) is 4.79 Å². The van der Waals surface area contributed by atoms with Crippen molar-refractivity contribution >= 4 is 23.9 Å². The first-order valence-electron chi connectivity index (χ1n) is 4.74. The maximum atomic E-state index is 11.1. The molecule has 0 aromatic heterocycles. The summed E-state index contributed by atoms with van der Waals surface area (Å²) in [4.78, 5) is 11.1. The molecule has 0 aliphatic heterocycles. The average Bonchev–Trinajstić information content (AvgIpc) is 2.17. The zero-order valence-corrected chi connectivity index (χ0v) is 9.64. The summed E-state index contributed by atoms with van der Waals surface area (Å²) in [6.45, 7) is 2.82. The first-order valence-corrected chi connectivity index (χ1v) is 4.74. The van der Waals surface area contributed by atoms with Crippen molar-refractivity contribution in [2.75, 3.05) is 18.4 Å². The topological polar surface area (TPSA) is 55.1 Å². The van der Waals surface area contributed by atoms with Gasteiger partial charge in [-0.1, -0.05) is 17.7 Å². The Labute approximate surface area is 96.5 Å². The minimum Gasteiger partial charge on any atom is -0.378 e. The first kappa shape index (κ1) is 13.9. The number of nitrogens with two attached hydrogens (primary N) is 1. The highest BCUT2D eigenvalue weighted by molar-refractivity contribution is 5.85. The molecule has 3 N–H and O–H groups in total. The second kappa shape index (κ2) is 7.26. The predicted octanol–water partition coefficient (Wildman–Crippen LogP) is 1.75. The molecule has 0 bridgehead atoms. The van der Waals surface area contributed by atoms with Crippen LogP contribution < -0.4 is 11.1 Å². The number of nitrogens with one attached hydrogen (secondary N) is 1. The number of aryl methyl sites for hydroxylation is 1. The third-order valence-corrected chi connectivity index (χ3v) is 1.96. The van der Waals surface area contributed by atoms with Gasteiger partial charge in [0.05, 0.1) is 6.54 Å². The highest BCUT2D eigenvalue weighted by Gasteiger charge is 1.99. The molecule has 4 heteroatoms. The quantitative estimate of drug-likeness (QED) is 0.808. The van der Waals surface area contributed by atoms with Crippen molar-refractivity contribution in [3.8, 4) is 0 Å². The van der Waals surface area contributed by atoms with Gasteiger partial charge >= 0.3 is 0 Å². The number of carbonyl (C=O) groups excluding carboxylic acids is 1. The Morgan fingerprint density at radius 3 is 2.47 bits per heavy atom. The summed E-state index contributed by atoms with van der Waals surface area (Å²) in [6, 6.07) is 7.95. The van der Waals surface area contributed by atoms with Crippen molar-refractivity contribution in [2.24, 2.45) is 5.73 Å². The molecule has 1 rings (SSSR count). The van der Waals surface area contributed by atoms with Crippen LogP contribution in [0.2, 0.25) is 0 Å². The Kier molecular flexibility index (Phi) is 6.75. The molecule has 0 aliphatic rings. The molecule has 0 aliphatic carbocycles. The third-order valence-electron chi connectivity index (χ3n) is 1.96. The summed E-state index contributed by atoms with van der Waals surface area (Å²) in [5.74, 6) is 0.146. The summed E-state index contributed by atoms with van der Waals surface area (Å²) in [7, 11) is 0. The van der Waals surface area contributed by atoms with Crippen LogP contribution in [0.3, 0.4) is 0 Å². The van der Waals surface area contributed by atoms with Gasteiger partial charge in [0.15, 0.2) is 5.78 Å². The Morgan fingerprint density at radius 1 is 1.33 bits per heavy atom. The van der Waals surface area contributed by atoms with Crippen LogP contribution in [0, 0.1) is 6.92 Å². The van der Waals surface area contributed by atoms with Crippen molar-refractivity contribution < 1.29 is 4.79 Å². The molecule has 0 saturated carbocycles. The van der Waals surface area contributed by atoms with Gasteiger partial charge in [-0.15, -0.1) is 12.4 Å². The van der Waals surface area contributed by atoms with Crippen molar-refractivity contribution in [1.82, 2.24) is 0 Å². The van der Waals surface area contributed by atoms with E-state index in [1.54, 1.807) is 0 Å². The van der Waals surface area contributed by atoms with E-state index in [1.807, 2.05) is 31.2 Å². The summed E-state index contributed by atoms with van der Waals surface area (Å²) < 4.78 is 0. The molecule has 0 saturated heterocycles. The lowest BCUT2D eigenvalue weighted by molar-refractivity contribution is -0.117. The van der Waals surface area contributed by atoms with E-state index in [2.05, 4.69) is 5.32 Å². The minimum atomic E-state index is 0. The molecule has 1 aromatic rings. The van der Waals surface area contributed by atoms with Crippen molar-refractivity contribution in [2.45, 2.75) is 13.3 Å². The maximum Gasteiger partial charge on any atom is 0.153 e. The van der Waals surface area contributed by atoms with Crippen LogP contribution in [-0.4, -0.2) is 18.9 Å². The molecule has 0 radical (unpaired) electrons. The molecule has 0 unspecified atom stereocenters. The largest absolute Gasteiger partial charge is 0.378 e. The van der Waals surface area contributed by atoms with Crippen molar-refractivity contribution in [1.29, 1.82) is 0 Å². The fourth-order valence-electron chi connectivity index (χ4n) is 1.12. The van der Waals surface area contributed by atoms with Crippen molar-refractivity contribution in [3.05, 3.63) is 29.8 Å². The van der Waals surface area contributed by atoms with E-state index in [1.165, 1.54) is 5.56 Å². The molecule has 0 amide bonds. The van der Waals surface area contributed by atoms with E-state index in [-0.39, 0.29) is 18.2 Å². The predicted molar refractivity (Wildman–Crippen MR) is 65.6 cm³/mol. The van der Waals surface area contributed by atoms with Gasteiger partial charge < -0.3 is 11.1 Å². The van der Waals surface area contributed by atoms with Gasteiger partial charge in [-0.3, -0.25) is 4.79 Å². The van der Waals surface area contributed by atoms with Crippen LogP contribution in [0.15, 0.2) is 24.3 Å². The molecular weight excluding hydrogens is 212 g/mol. The normalized spacial score (nSPS) is 9.20. The lowest BCUT2D eigenvalue weighted by atomic mass is 10.2. The monoisotopic (exact) mass is 228 g/mol. The van der Waals surface area contributed by atoms with Crippen LogP contribution in [0.4, 0.5) is 5.69 Å². The van der Waals surface area contributed by atoms with Gasteiger partial charge in [0.2, 0.25) is 0 Å². The van der Waals surface area contributed by atoms with Gasteiger partial charge in [-0.25, -0.2) is 0 Å². The molecular formula is C11H17ClN2O. The first-order chi connectivity index (χ1) is 6.72. The molecule has 0 atom stereocenters. The second-order valence-electron chi connectivity index (χ2n) is 3.30. The van der Waals surface area contributed by atoms with Crippen molar-refractivity contribution in [3.63, 3.8) is 0 Å². The van der Waals surface area contributed by atoms with Crippen LogP contribution >= 0.6 is 12.4 Å². The summed E-state index contributed by atoms with van der Waals surface area (Å²) in [6.07, 6.45) is 0.443. The van der Waals surface area contributed by atoms with Gasteiger partial charge in [0.25, 0.3) is 0 Å². The Bertz CT molecular complexity index is 298. The molecule has 15 heavy (non-hydrogen) atoms. The second-order valence-corrected chi connectivity index (χ2v) is 3.30. The standard InChI is InChI=1S/C11H16N2O.ClH/c1-9-2-4-10(5-3-9)13-8-11(14)6-7-12;/h2-5,13H,6-8,12H2,1H3;1H. The maximum absolute atomic E-state index is 11.1. The number of Topliss-reactive ketones (excluding diaryl/α,β-unsaturated/α-hetero) is 1. The Balaban J connectivity index is 0.00000196. The summed E-state index contributed by atoms with van der Waals surface area (Å²) in [5, 5.41) is 3.05. The molecule has 0 spiro atoms. The van der Waals surface area contributed by atoms with Gasteiger partial charge in [-0.05, 0) is 25.6 Å². The van der Waals surface area contributed by atoms with Gasteiger partial charge in [0, 0.05) is 12.1 Å². The number of halogens is 1. The van der Waals surface area contributed by atoms with Crippen LogP contribution in [0.1, 0.15) is 12.0 Å². The Hall–Kier alpha value is -1.06. The molecule has 84 valence electrons. The number of rotatable bonds is 5. The fraction of sp³-hybridized carbons (Fsp3) is 0.364. The van der Waals surface area contributed by atoms with E-state index in [0.717, 1.165) is 5.69 Å². The number of ketones is 1. The van der Waals surface area contributed by atoms with E-state index in [9.17, 15) is 4.79 Å². The van der Waals surface area contributed by atoms with E-state index in [0.29, 0.717) is 19.5 Å². The molecule has 3 nitrogen and oxygen atoms in total. The highest BCUT2D eigenvalue weighted by Crippen LogP contribution is 2.07. The summed E-state index contributed by atoms with van der Waals surface area (Å²) in [5.41, 5.74) is 7.45. The lowest BCUT2D eigenvalue weighted by Gasteiger charge is -2.04. The minimum absolute atomic E-state index is 0. The number of carbonyl (C=O) groups is 1. The SMILES string of the molecule is Cc1ccc(NCC(=O)CCN)cc1.Cl. The third kappa shape index (κ3) is 5.40. The molecule has 0 heterocycles. The van der Waals surface area contributed by atoms with E-state index >= 15 is 0 Å². The van der Waals surface area contributed by atoms with E-state index < -0.39 is 0 Å². The lowest BCUT2D eigenvalue weighted by Crippen LogP contribution is -2.17. The number of benzene rings is 1. The molecule has 0 fully saturated rings. The number of hydrogen-bond acceptors (Lipinski definition) is 3. The zero-order valence-electron chi connectivity index (χ0n) is 8.82. The van der Waals surface area contributed by atoms with E-state index in [4.69, 9.17) is 5.73 Å². The van der Waals surface area contributed by atoms with Gasteiger partial charge in [-0.2, -0.15) is 0 Å². The fourth-order valence-corrected chi connectivity index (χ4v) is 1.12. The van der Waals surface area contributed by atoms with Crippen LogP contribution in [0.25, 0.3) is 0 Å². The van der Waals surface area contributed by atoms with Crippen LogP contribution in [0.5, 0.6) is 0 Å². The van der Waals surface area contributed by atoms with Gasteiger partial charge in [0.1, 0.15) is 0 Å². The Morgan fingerprint density at radius 2 is 1.93 bits per heavy atom. The smallest absolute Gasteiger partial charge is 0.153 e. The average molecular weight is 229 g/mol. The highest BCUT2D eigenvalue weighted by atomic mass is 35.5. The number of anilines is 1.